The van der Waals surface area contributed by atoms with Crippen molar-refractivity contribution in [1.82, 2.24) is 4.90 Å². The van der Waals surface area contributed by atoms with Crippen molar-refractivity contribution in [2.24, 2.45) is 0 Å². The summed E-state index contributed by atoms with van der Waals surface area (Å²) < 4.78 is 1.07. The number of anilines is 1. The van der Waals surface area contributed by atoms with E-state index in [0.717, 1.165) is 28.8 Å². The number of rotatable bonds is 3. The molecule has 1 aliphatic rings. The van der Waals surface area contributed by atoms with Crippen molar-refractivity contribution in [2.45, 2.75) is 32.6 Å². The third-order valence-corrected chi connectivity index (χ3v) is 4.40. The van der Waals surface area contributed by atoms with Crippen LogP contribution >= 0.6 is 15.9 Å². The van der Waals surface area contributed by atoms with Gasteiger partial charge in [0.25, 0.3) is 0 Å². The monoisotopic (exact) mass is 324 g/mol. The van der Waals surface area contributed by atoms with Crippen LogP contribution in [-0.4, -0.2) is 30.4 Å². The van der Waals surface area contributed by atoms with Crippen molar-refractivity contribution in [3.05, 3.63) is 28.2 Å². The molecule has 1 N–H and O–H groups in total. The first-order valence-corrected chi connectivity index (χ1v) is 7.73. The standard InChI is InChI=1S/C15H21BrN2O/c1-12-10-13(6-7-14(12)16)17-15(19)11-18-8-4-2-3-5-9-18/h6-7,10H,2-5,8-9,11H2,1H3,(H,17,19). The van der Waals surface area contributed by atoms with Crippen LogP contribution in [-0.2, 0) is 4.79 Å². The highest BCUT2D eigenvalue weighted by Gasteiger charge is 2.13. The Morgan fingerprint density at radius 1 is 1.26 bits per heavy atom. The third kappa shape index (κ3) is 4.62. The van der Waals surface area contributed by atoms with Gasteiger partial charge in [0.15, 0.2) is 0 Å². The van der Waals surface area contributed by atoms with E-state index in [1.807, 2.05) is 25.1 Å². The highest BCUT2D eigenvalue weighted by molar-refractivity contribution is 9.10. The van der Waals surface area contributed by atoms with Crippen molar-refractivity contribution in [3.63, 3.8) is 0 Å². The zero-order valence-electron chi connectivity index (χ0n) is 11.4. The summed E-state index contributed by atoms with van der Waals surface area (Å²) in [5.41, 5.74) is 2.01. The van der Waals surface area contributed by atoms with Gasteiger partial charge in [-0.25, -0.2) is 0 Å². The van der Waals surface area contributed by atoms with Crippen LogP contribution in [0.15, 0.2) is 22.7 Å². The average molecular weight is 325 g/mol. The molecule has 2 rings (SSSR count). The van der Waals surface area contributed by atoms with Crippen LogP contribution in [0.1, 0.15) is 31.2 Å². The number of carbonyl (C=O) groups excluding carboxylic acids is 1. The van der Waals surface area contributed by atoms with Gasteiger partial charge >= 0.3 is 0 Å². The summed E-state index contributed by atoms with van der Waals surface area (Å²) in [5.74, 6) is 0.0867. The molecule has 1 fully saturated rings. The molecule has 0 radical (unpaired) electrons. The molecular weight excluding hydrogens is 304 g/mol. The van der Waals surface area contributed by atoms with Gasteiger partial charge in [-0.3, -0.25) is 9.69 Å². The Labute approximate surface area is 123 Å². The fraction of sp³-hybridized carbons (Fsp3) is 0.533. The van der Waals surface area contributed by atoms with Gasteiger partial charge in [-0.2, -0.15) is 0 Å². The lowest BCUT2D eigenvalue weighted by Crippen LogP contribution is -2.33. The molecule has 1 amide bonds. The Morgan fingerprint density at radius 2 is 1.95 bits per heavy atom. The lowest BCUT2D eigenvalue weighted by Gasteiger charge is -2.19. The maximum atomic E-state index is 12.0. The van der Waals surface area contributed by atoms with Crippen LogP contribution in [0.3, 0.4) is 0 Å². The van der Waals surface area contributed by atoms with E-state index in [4.69, 9.17) is 0 Å². The first kappa shape index (κ1) is 14.5. The smallest absolute Gasteiger partial charge is 0.238 e. The van der Waals surface area contributed by atoms with E-state index in [9.17, 15) is 4.79 Å². The fourth-order valence-electron chi connectivity index (χ4n) is 2.42. The number of amides is 1. The number of benzene rings is 1. The van der Waals surface area contributed by atoms with E-state index < -0.39 is 0 Å². The second kappa shape index (κ2) is 7.06. The minimum atomic E-state index is 0.0867. The van der Waals surface area contributed by atoms with Crippen LogP contribution in [0.4, 0.5) is 5.69 Å². The number of halogens is 1. The molecule has 4 heteroatoms. The maximum Gasteiger partial charge on any atom is 0.238 e. The van der Waals surface area contributed by atoms with E-state index >= 15 is 0 Å². The average Bonchev–Trinajstić information content (AvgIpc) is 2.62. The van der Waals surface area contributed by atoms with E-state index in [1.54, 1.807) is 0 Å². The molecule has 0 atom stereocenters. The number of carbonyl (C=O) groups is 1. The van der Waals surface area contributed by atoms with Crippen LogP contribution in [0.5, 0.6) is 0 Å². The van der Waals surface area contributed by atoms with Crippen molar-refractivity contribution >= 4 is 27.5 Å². The van der Waals surface area contributed by atoms with E-state index in [1.165, 1.54) is 25.7 Å². The van der Waals surface area contributed by atoms with Gasteiger partial charge in [0, 0.05) is 10.2 Å². The molecule has 0 aromatic heterocycles. The quantitative estimate of drug-likeness (QED) is 0.921. The van der Waals surface area contributed by atoms with Crippen molar-refractivity contribution in [3.8, 4) is 0 Å². The van der Waals surface area contributed by atoms with Crippen molar-refractivity contribution in [1.29, 1.82) is 0 Å². The normalized spacial score (nSPS) is 16.9. The Bertz CT molecular complexity index is 440. The summed E-state index contributed by atoms with van der Waals surface area (Å²) in [6.45, 7) is 4.63. The second-order valence-corrected chi connectivity index (χ2v) is 6.06. The molecule has 0 bridgehead atoms. The molecule has 1 saturated heterocycles. The number of likely N-dealkylation sites (tertiary alicyclic amines) is 1. The third-order valence-electron chi connectivity index (χ3n) is 3.51. The predicted octanol–water partition coefficient (Wildman–Crippen LogP) is 3.57. The maximum absolute atomic E-state index is 12.0. The topological polar surface area (TPSA) is 32.3 Å². The van der Waals surface area contributed by atoms with Gasteiger partial charge in [0.05, 0.1) is 6.54 Å². The second-order valence-electron chi connectivity index (χ2n) is 5.20. The Morgan fingerprint density at radius 3 is 2.58 bits per heavy atom. The van der Waals surface area contributed by atoms with Crippen LogP contribution in [0.2, 0.25) is 0 Å². The summed E-state index contributed by atoms with van der Waals surface area (Å²) in [7, 11) is 0. The highest BCUT2D eigenvalue weighted by Crippen LogP contribution is 2.20. The van der Waals surface area contributed by atoms with Gasteiger partial charge in [-0.15, -0.1) is 0 Å². The number of aryl methyl sites for hydroxylation is 1. The summed E-state index contributed by atoms with van der Waals surface area (Å²) >= 11 is 3.46. The zero-order chi connectivity index (χ0) is 13.7. The van der Waals surface area contributed by atoms with Gasteiger partial charge in [-0.05, 0) is 56.6 Å². The van der Waals surface area contributed by atoms with Crippen LogP contribution in [0.25, 0.3) is 0 Å². The first-order chi connectivity index (χ1) is 9.15. The summed E-state index contributed by atoms with van der Waals surface area (Å²) in [6.07, 6.45) is 5.02. The number of hydrogen-bond donors (Lipinski definition) is 1. The van der Waals surface area contributed by atoms with E-state index in [0.29, 0.717) is 6.54 Å². The minimum Gasteiger partial charge on any atom is -0.325 e. The predicted molar refractivity (Wildman–Crippen MR) is 82.4 cm³/mol. The molecular formula is C15H21BrN2O. The molecule has 19 heavy (non-hydrogen) atoms. The molecule has 1 heterocycles. The number of nitrogens with one attached hydrogen (secondary N) is 1. The Hall–Kier alpha value is -0.870. The van der Waals surface area contributed by atoms with Crippen molar-refractivity contribution < 1.29 is 4.79 Å². The first-order valence-electron chi connectivity index (χ1n) is 6.93. The molecule has 0 unspecified atom stereocenters. The lowest BCUT2D eigenvalue weighted by molar-refractivity contribution is -0.117. The van der Waals surface area contributed by atoms with Crippen LogP contribution < -0.4 is 5.32 Å². The molecule has 1 aromatic carbocycles. The summed E-state index contributed by atoms with van der Waals surface area (Å²) in [6, 6.07) is 5.89. The molecule has 1 aromatic rings. The van der Waals surface area contributed by atoms with E-state index in [-0.39, 0.29) is 5.91 Å². The molecule has 0 saturated carbocycles. The van der Waals surface area contributed by atoms with E-state index in [2.05, 4.69) is 26.1 Å². The fourth-order valence-corrected chi connectivity index (χ4v) is 2.67. The van der Waals surface area contributed by atoms with Gasteiger partial charge < -0.3 is 5.32 Å². The van der Waals surface area contributed by atoms with Crippen molar-refractivity contribution in [2.75, 3.05) is 25.0 Å². The molecule has 104 valence electrons. The molecule has 3 nitrogen and oxygen atoms in total. The van der Waals surface area contributed by atoms with Gasteiger partial charge in [0.2, 0.25) is 5.91 Å². The summed E-state index contributed by atoms with van der Waals surface area (Å²) in [5, 5.41) is 2.98. The van der Waals surface area contributed by atoms with Gasteiger partial charge in [0.1, 0.15) is 0 Å². The number of hydrogen-bond acceptors (Lipinski definition) is 2. The van der Waals surface area contributed by atoms with Gasteiger partial charge in [-0.1, -0.05) is 28.8 Å². The molecule has 0 spiro atoms. The van der Waals surface area contributed by atoms with Crippen LogP contribution in [0, 0.1) is 6.92 Å². The Kier molecular flexibility index (Phi) is 5.40. The lowest BCUT2D eigenvalue weighted by atomic mass is 10.2. The molecule has 1 aliphatic heterocycles. The number of nitrogens with zero attached hydrogens (tertiary/aromatic N) is 1. The minimum absolute atomic E-state index is 0.0867. The highest BCUT2D eigenvalue weighted by atomic mass is 79.9. The zero-order valence-corrected chi connectivity index (χ0v) is 13.0. The SMILES string of the molecule is Cc1cc(NC(=O)CN2CCCCCC2)ccc1Br. The largest absolute Gasteiger partial charge is 0.325 e. The Balaban J connectivity index is 1.87. The molecule has 0 aliphatic carbocycles. The summed E-state index contributed by atoms with van der Waals surface area (Å²) in [4.78, 5) is 14.3.